The molecule has 9 heteroatoms. The zero-order valence-corrected chi connectivity index (χ0v) is 21.4. The second-order valence-electron chi connectivity index (χ2n) is 11.5. The fourth-order valence-corrected chi connectivity index (χ4v) is 5.65. The Morgan fingerprint density at radius 1 is 1.19 bits per heavy atom. The third-order valence-electron chi connectivity index (χ3n) is 7.73. The van der Waals surface area contributed by atoms with Crippen LogP contribution in [0.3, 0.4) is 0 Å². The number of rotatable bonds is 5. The lowest BCUT2D eigenvalue weighted by atomic mass is 9.85. The number of carbonyl (C=O) groups is 3. The molecule has 0 spiro atoms. The Morgan fingerprint density at radius 3 is 2.50 bits per heavy atom. The Kier molecular flexibility index (Phi) is 6.27. The summed E-state index contributed by atoms with van der Waals surface area (Å²) in [6, 6.07) is 3.96. The summed E-state index contributed by atoms with van der Waals surface area (Å²) >= 11 is 0. The van der Waals surface area contributed by atoms with Crippen molar-refractivity contribution in [2.24, 2.45) is 22.7 Å². The van der Waals surface area contributed by atoms with Crippen LogP contribution in [0.4, 0.5) is 4.39 Å². The molecule has 3 amide bonds. The van der Waals surface area contributed by atoms with E-state index in [2.05, 4.69) is 35.5 Å². The third-order valence-corrected chi connectivity index (χ3v) is 7.73. The van der Waals surface area contributed by atoms with Crippen molar-refractivity contribution in [3.63, 3.8) is 0 Å². The van der Waals surface area contributed by atoms with Crippen molar-refractivity contribution >= 4 is 28.5 Å². The molecule has 1 aliphatic carbocycles. The van der Waals surface area contributed by atoms with E-state index in [0.29, 0.717) is 17.5 Å². The van der Waals surface area contributed by atoms with E-state index in [4.69, 9.17) is 0 Å². The molecule has 2 N–H and O–H groups in total. The fourth-order valence-electron chi connectivity index (χ4n) is 5.65. The number of aromatic nitrogens is 1. The smallest absolute Gasteiger partial charge is 0.246 e. The van der Waals surface area contributed by atoms with Crippen LogP contribution in [0.25, 0.3) is 10.8 Å². The van der Waals surface area contributed by atoms with Crippen molar-refractivity contribution in [1.29, 1.82) is 5.26 Å². The minimum atomic E-state index is -1.08. The van der Waals surface area contributed by atoms with E-state index in [9.17, 15) is 24.0 Å². The van der Waals surface area contributed by atoms with Crippen LogP contribution in [0.2, 0.25) is 0 Å². The molecule has 0 radical (unpaired) electrons. The van der Waals surface area contributed by atoms with Gasteiger partial charge in [0, 0.05) is 36.8 Å². The molecule has 8 nitrogen and oxygen atoms in total. The van der Waals surface area contributed by atoms with Gasteiger partial charge in [-0.1, -0.05) is 46.8 Å². The summed E-state index contributed by atoms with van der Waals surface area (Å²) in [5.74, 6) is -1.48. The summed E-state index contributed by atoms with van der Waals surface area (Å²) in [4.78, 5) is 44.8. The van der Waals surface area contributed by atoms with E-state index >= 15 is 0 Å². The van der Waals surface area contributed by atoms with Gasteiger partial charge in [0.2, 0.25) is 17.7 Å². The van der Waals surface area contributed by atoms with Gasteiger partial charge in [0.1, 0.15) is 23.9 Å². The molecular formula is C27H32FN5O3. The summed E-state index contributed by atoms with van der Waals surface area (Å²) in [5.41, 5.74) is -0.313. The van der Waals surface area contributed by atoms with Gasteiger partial charge >= 0.3 is 0 Å². The Balaban J connectivity index is 1.65. The van der Waals surface area contributed by atoms with E-state index in [1.165, 1.54) is 25.4 Å². The lowest BCUT2D eigenvalue weighted by molar-refractivity contribution is -0.145. The number of fused-ring (bicyclic) bond motifs is 2. The predicted octanol–water partition coefficient (Wildman–Crippen LogP) is 3.09. The van der Waals surface area contributed by atoms with Gasteiger partial charge in [-0.3, -0.25) is 19.4 Å². The van der Waals surface area contributed by atoms with Gasteiger partial charge in [-0.2, -0.15) is 5.26 Å². The second-order valence-corrected chi connectivity index (χ2v) is 11.5. The fraction of sp³-hybridized carbons (Fsp3) is 0.519. The molecule has 36 heavy (non-hydrogen) atoms. The highest BCUT2D eigenvalue weighted by molar-refractivity contribution is 5.94. The maximum absolute atomic E-state index is 14.3. The molecule has 2 fully saturated rings. The number of amides is 3. The molecule has 1 aromatic carbocycles. The zero-order valence-electron chi connectivity index (χ0n) is 21.4. The van der Waals surface area contributed by atoms with Crippen LogP contribution in [-0.4, -0.2) is 46.2 Å². The van der Waals surface area contributed by atoms with Crippen LogP contribution in [0, 0.1) is 39.8 Å². The van der Waals surface area contributed by atoms with Crippen molar-refractivity contribution < 1.29 is 18.8 Å². The molecule has 1 aromatic heterocycles. The number of hydrogen-bond donors (Lipinski definition) is 2. The summed E-state index contributed by atoms with van der Waals surface area (Å²) in [5, 5.41) is 16.2. The number of halogens is 1. The van der Waals surface area contributed by atoms with Crippen molar-refractivity contribution in [3.8, 4) is 6.07 Å². The first-order valence-electron chi connectivity index (χ1n) is 12.1. The topological polar surface area (TPSA) is 115 Å². The van der Waals surface area contributed by atoms with Crippen LogP contribution < -0.4 is 10.6 Å². The summed E-state index contributed by atoms with van der Waals surface area (Å²) in [6.07, 6.45) is 2.83. The van der Waals surface area contributed by atoms with Gasteiger partial charge in [0.15, 0.2) is 0 Å². The maximum Gasteiger partial charge on any atom is 0.246 e. The van der Waals surface area contributed by atoms with Crippen LogP contribution in [0.1, 0.15) is 53.1 Å². The van der Waals surface area contributed by atoms with Crippen LogP contribution in [0.15, 0.2) is 30.6 Å². The van der Waals surface area contributed by atoms with E-state index in [1.807, 2.05) is 20.8 Å². The molecule has 1 saturated carbocycles. The minimum Gasteiger partial charge on any atom is -0.344 e. The van der Waals surface area contributed by atoms with E-state index in [-0.39, 0.29) is 34.5 Å². The number of nitrogens with zero attached hydrogens (tertiary/aromatic N) is 3. The first kappa shape index (κ1) is 25.5. The van der Waals surface area contributed by atoms with Crippen molar-refractivity contribution in [1.82, 2.24) is 20.5 Å². The average Bonchev–Trinajstić information content (AvgIpc) is 3.13. The molecule has 4 rings (SSSR count). The summed E-state index contributed by atoms with van der Waals surface area (Å²) < 4.78 is 14.3. The number of hydrogen-bond acceptors (Lipinski definition) is 5. The highest BCUT2D eigenvalue weighted by Gasteiger charge is 2.69. The standard InChI is InChI=1S/C27H32FN5O3/c1-14(34)31-23(26(2,3)4)25(36)33-13-18-21(27(18,5)6)22(33)24(35)32-20(10-29)17-12-30-11-16-15(17)8-7-9-19(16)28/h7-9,11-12,18,20-23H,13H2,1-6H3,(H,31,34)(H,32,35)/t18-,20?,21-,22?,23+/m0/s1. The Morgan fingerprint density at radius 2 is 1.89 bits per heavy atom. The van der Waals surface area contributed by atoms with Crippen molar-refractivity contribution in [2.45, 2.75) is 59.7 Å². The first-order chi connectivity index (χ1) is 16.8. The molecule has 1 aliphatic heterocycles. The Hall–Kier alpha value is -3.54. The van der Waals surface area contributed by atoms with Gasteiger partial charge in [0.25, 0.3) is 0 Å². The molecule has 190 valence electrons. The SMILES string of the molecule is CC(=O)N[C@H](C(=O)N1C[C@H]2[C@@H](C1C(=O)NC(C#N)c1cncc3c(F)cccc13)C2(C)C)C(C)(C)C. The predicted molar refractivity (Wildman–Crippen MR) is 132 cm³/mol. The van der Waals surface area contributed by atoms with Gasteiger partial charge in [0.05, 0.1) is 6.07 Å². The van der Waals surface area contributed by atoms with Crippen LogP contribution in [-0.2, 0) is 14.4 Å². The van der Waals surface area contributed by atoms with Crippen molar-refractivity contribution in [2.75, 3.05) is 6.54 Å². The average molecular weight is 494 g/mol. The van der Waals surface area contributed by atoms with Gasteiger partial charge in [-0.05, 0) is 34.1 Å². The second kappa shape index (κ2) is 8.84. The molecule has 0 bridgehead atoms. The lowest BCUT2D eigenvalue weighted by Crippen LogP contribution is -2.59. The monoisotopic (exact) mass is 493 g/mol. The number of benzene rings is 1. The highest BCUT2D eigenvalue weighted by atomic mass is 19.1. The van der Waals surface area contributed by atoms with Crippen molar-refractivity contribution in [3.05, 3.63) is 42.0 Å². The van der Waals surface area contributed by atoms with E-state index in [0.717, 1.165) is 0 Å². The lowest BCUT2D eigenvalue weighted by Gasteiger charge is -2.37. The highest BCUT2D eigenvalue weighted by Crippen LogP contribution is 2.65. The summed E-state index contributed by atoms with van der Waals surface area (Å²) in [6.45, 7) is 11.5. The van der Waals surface area contributed by atoms with E-state index in [1.54, 1.807) is 17.0 Å². The van der Waals surface area contributed by atoms with Crippen LogP contribution >= 0.6 is 0 Å². The molecule has 2 heterocycles. The Labute approximate surface area is 210 Å². The molecule has 2 aliphatic rings. The largest absolute Gasteiger partial charge is 0.344 e. The number of nitrogens with one attached hydrogen (secondary N) is 2. The minimum absolute atomic E-state index is 0.0678. The first-order valence-corrected chi connectivity index (χ1v) is 12.1. The normalized spacial score (nSPS) is 23.8. The summed E-state index contributed by atoms with van der Waals surface area (Å²) in [7, 11) is 0. The molecule has 2 aromatic rings. The molecular weight excluding hydrogens is 461 g/mol. The Bertz CT molecular complexity index is 1280. The number of piperidine rings is 1. The van der Waals surface area contributed by atoms with E-state index < -0.39 is 35.3 Å². The van der Waals surface area contributed by atoms with Gasteiger partial charge < -0.3 is 15.5 Å². The quantitative estimate of drug-likeness (QED) is 0.664. The third kappa shape index (κ3) is 4.29. The molecule has 1 saturated heterocycles. The zero-order chi connectivity index (χ0) is 26.6. The number of likely N-dealkylation sites (tertiary alicyclic amines) is 1. The number of nitriles is 1. The number of pyridine rings is 1. The molecule has 2 unspecified atom stereocenters. The maximum atomic E-state index is 14.3. The van der Waals surface area contributed by atoms with Crippen LogP contribution in [0.5, 0.6) is 0 Å². The molecule has 5 atom stereocenters. The van der Waals surface area contributed by atoms with Gasteiger partial charge in [-0.15, -0.1) is 0 Å². The van der Waals surface area contributed by atoms with Gasteiger partial charge in [-0.25, -0.2) is 4.39 Å². The number of carbonyl (C=O) groups excluding carboxylic acids is 3.